The van der Waals surface area contributed by atoms with Crippen molar-refractivity contribution >= 4 is 6.03 Å². The minimum absolute atomic E-state index is 0.0202. The molecule has 3 heterocycles. The van der Waals surface area contributed by atoms with Gasteiger partial charge in [0.05, 0.1) is 5.69 Å². The number of rotatable bonds is 4. The average Bonchev–Trinajstić information content (AvgIpc) is 2.99. The highest BCUT2D eigenvalue weighted by atomic mass is 16.5. The molecule has 0 bridgehead atoms. The maximum Gasteiger partial charge on any atom is 0.317 e. The van der Waals surface area contributed by atoms with Gasteiger partial charge in [0.15, 0.2) is 0 Å². The fourth-order valence-corrected chi connectivity index (χ4v) is 3.70. The number of nitrogens with one attached hydrogen (secondary N) is 1. The molecule has 0 aliphatic carbocycles. The number of hydrogen-bond acceptors (Lipinski definition) is 4. The van der Waals surface area contributed by atoms with Gasteiger partial charge in [0.2, 0.25) is 0 Å². The van der Waals surface area contributed by atoms with Crippen LogP contribution in [0.1, 0.15) is 54.2 Å². The van der Waals surface area contributed by atoms with E-state index in [9.17, 15) is 4.79 Å². The Balaban J connectivity index is 1.48. The Morgan fingerprint density at radius 2 is 2.00 bits per heavy atom. The van der Waals surface area contributed by atoms with Gasteiger partial charge in [-0.1, -0.05) is 12.1 Å². The summed E-state index contributed by atoms with van der Waals surface area (Å²) in [5.41, 5.74) is 3.32. The molecule has 2 aromatic rings. The van der Waals surface area contributed by atoms with Crippen LogP contribution in [0.5, 0.6) is 0 Å². The van der Waals surface area contributed by atoms with E-state index in [0.29, 0.717) is 12.5 Å². The van der Waals surface area contributed by atoms with Crippen molar-refractivity contribution < 1.29 is 9.32 Å². The summed E-state index contributed by atoms with van der Waals surface area (Å²) in [5, 5.41) is 7.05. The third kappa shape index (κ3) is 4.00. The first kappa shape index (κ1) is 17.5. The average molecular weight is 342 g/mol. The summed E-state index contributed by atoms with van der Waals surface area (Å²) in [4.78, 5) is 18.4. The second kappa shape index (κ2) is 7.68. The lowest BCUT2D eigenvalue weighted by Gasteiger charge is -2.32. The zero-order valence-corrected chi connectivity index (χ0v) is 15.2. The summed E-state index contributed by atoms with van der Waals surface area (Å²) < 4.78 is 5.22. The van der Waals surface area contributed by atoms with Gasteiger partial charge in [0.25, 0.3) is 0 Å². The van der Waals surface area contributed by atoms with Crippen LogP contribution in [0, 0.1) is 13.8 Å². The summed E-state index contributed by atoms with van der Waals surface area (Å²) >= 11 is 0. The molecule has 0 saturated carbocycles. The predicted molar refractivity (Wildman–Crippen MR) is 95.6 cm³/mol. The van der Waals surface area contributed by atoms with Gasteiger partial charge < -0.3 is 14.7 Å². The van der Waals surface area contributed by atoms with Crippen molar-refractivity contribution in [1.29, 1.82) is 0 Å². The Bertz CT molecular complexity index is 686. The monoisotopic (exact) mass is 342 g/mol. The highest BCUT2D eigenvalue weighted by Gasteiger charge is 2.24. The Morgan fingerprint density at radius 3 is 2.60 bits per heavy atom. The van der Waals surface area contributed by atoms with Gasteiger partial charge >= 0.3 is 6.03 Å². The normalized spacial score (nSPS) is 16.7. The van der Waals surface area contributed by atoms with E-state index < -0.39 is 0 Å². The summed E-state index contributed by atoms with van der Waals surface area (Å²) in [7, 11) is 0. The van der Waals surface area contributed by atoms with Crippen molar-refractivity contribution in [2.24, 2.45) is 0 Å². The molecular weight excluding hydrogens is 316 g/mol. The number of nitrogens with zero attached hydrogens (tertiary/aromatic N) is 3. The van der Waals surface area contributed by atoms with E-state index >= 15 is 0 Å². The molecule has 2 amide bonds. The summed E-state index contributed by atoms with van der Waals surface area (Å²) in [6.45, 7) is 8.11. The van der Waals surface area contributed by atoms with Gasteiger partial charge in [-0.05, 0) is 50.3 Å². The van der Waals surface area contributed by atoms with E-state index in [2.05, 4.69) is 34.5 Å². The Kier molecular flexibility index (Phi) is 5.36. The molecule has 0 aromatic carbocycles. The summed E-state index contributed by atoms with van der Waals surface area (Å²) in [5.74, 6) is 1.54. The van der Waals surface area contributed by atoms with Crippen molar-refractivity contribution in [3.05, 3.63) is 47.1 Å². The van der Waals surface area contributed by atoms with Gasteiger partial charge in [-0.15, -0.1) is 0 Å². The molecule has 6 nitrogen and oxygen atoms in total. The zero-order chi connectivity index (χ0) is 17.8. The second-order valence-electron chi connectivity index (χ2n) is 6.87. The molecule has 3 rings (SSSR count). The predicted octanol–water partition coefficient (Wildman–Crippen LogP) is 3.38. The van der Waals surface area contributed by atoms with Crippen molar-refractivity contribution in [3.63, 3.8) is 0 Å². The number of piperidine rings is 1. The van der Waals surface area contributed by atoms with E-state index in [0.717, 1.165) is 42.9 Å². The van der Waals surface area contributed by atoms with Crippen LogP contribution >= 0.6 is 0 Å². The Hall–Kier alpha value is -2.37. The SMILES string of the molecule is Cc1noc(C)c1C(C)CNC(=O)N1CCC(c2ccncc2)CC1. The highest BCUT2D eigenvalue weighted by Crippen LogP contribution is 2.27. The number of likely N-dealkylation sites (tertiary alicyclic amines) is 1. The molecule has 1 unspecified atom stereocenters. The molecule has 1 aliphatic rings. The molecule has 2 aromatic heterocycles. The molecular formula is C19H26N4O2. The lowest BCUT2D eigenvalue weighted by molar-refractivity contribution is 0.181. The third-order valence-corrected chi connectivity index (χ3v) is 5.10. The third-order valence-electron chi connectivity index (χ3n) is 5.10. The molecule has 134 valence electrons. The fourth-order valence-electron chi connectivity index (χ4n) is 3.70. The van der Waals surface area contributed by atoms with E-state index in [1.165, 1.54) is 5.56 Å². The molecule has 25 heavy (non-hydrogen) atoms. The van der Waals surface area contributed by atoms with Crippen LogP contribution in [-0.4, -0.2) is 40.7 Å². The van der Waals surface area contributed by atoms with Gasteiger partial charge in [0.1, 0.15) is 5.76 Å². The van der Waals surface area contributed by atoms with Crippen LogP contribution in [-0.2, 0) is 0 Å². The summed E-state index contributed by atoms with van der Waals surface area (Å²) in [6, 6.07) is 4.17. The molecule has 1 N–H and O–H groups in total. The van der Waals surface area contributed by atoms with Crippen molar-refractivity contribution in [3.8, 4) is 0 Å². The molecule has 0 radical (unpaired) electrons. The topological polar surface area (TPSA) is 71.3 Å². The molecule has 1 saturated heterocycles. The molecule has 6 heteroatoms. The van der Waals surface area contributed by atoms with E-state index in [1.807, 2.05) is 31.1 Å². The van der Waals surface area contributed by atoms with Gasteiger partial charge in [0, 0.05) is 43.5 Å². The smallest absolute Gasteiger partial charge is 0.317 e. The first-order chi connectivity index (χ1) is 12.1. The first-order valence-electron chi connectivity index (χ1n) is 8.91. The van der Waals surface area contributed by atoms with Crippen LogP contribution in [0.2, 0.25) is 0 Å². The fraction of sp³-hybridized carbons (Fsp3) is 0.526. The van der Waals surface area contributed by atoms with Crippen molar-refractivity contribution in [1.82, 2.24) is 20.4 Å². The largest absolute Gasteiger partial charge is 0.361 e. The van der Waals surface area contributed by atoms with Gasteiger partial charge in [-0.3, -0.25) is 4.98 Å². The number of amides is 2. The second-order valence-corrected chi connectivity index (χ2v) is 6.87. The van der Waals surface area contributed by atoms with Crippen LogP contribution in [0.3, 0.4) is 0 Å². The molecule has 1 atom stereocenters. The maximum absolute atomic E-state index is 12.5. The van der Waals surface area contributed by atoms with Crippen molar-refractivity contribution in [2.75, 3.05) is 19.6 Å². The zero-order valence-electron chi connectivity index (χ0n) is 15.2. The van der Waals surface area contributed by atoms with Crippen LogP contribution < -0.4 is 5.32 Å². The minimum Gasteiger partial charge on any atom is -0.361 e. The molecule has 1 aliphatic heterocycles. The number of aromatic nitrogens is 2. The van der Waals surface area contributed by atoms with E-state index in [4.69, 9.17) is 4.52 Å². The highest BCUT2D eigenvalue weighted by molar-refractivity contribution is 5.74. The van der Waals surface area contributed by atoms with Crippen LogP contribution in [0.15, 0.2) is 29.0 Å². The molecule has 1 fully saturated rings. The standard InChI is InChI=1S/C19H26N4O2/c1-13(18-14(2)22-25-15(18)3)12-21-19(24)23-10-6-17(7-11-23)16-4-8-20-9-5-16/h4-5,8-9,13,17H,6-7,10-12H2,1-3H3,(H,21,24). The van der Waals surface area contributed by atoms with Gasteiger partial charge in [-0.2, -0.15) is 0 Å². The number of carbonyl (C=O) groups is 1. The summed E-state index contributed by atoms with van der Waals surface area (Å²) in [6.07, 6.45) is 5.67. The number of hydrogen-bond donors (Lipinski definition) is 1. The van der Waals surface area contributed by atoms with Crippen LogP contribution in [0.25, 0.3) is 0 Å². The number of aryl methyl sites for hydroxylation is 2. The Morgan fingerprint density at radius 1 is 1.32 bits per heavy atom. The quantitative estimate of drug-likeness (QED) is 0.924. The van der Waals surface area contributed by atoms with E-state index in [-0.39, 0.29) is 11.9 Å². The van der Waals surface area contributed by atoms with Crippen LogP contribution in [0.4, 0.5) is 4.79 Å². The number of carbonyl (C=O) groups excluding carboxylic acids is 1. The first-order valence-corrected chi connectivity index (χ1v) is 8.91. The number of pyridine rings is 1. The lowest BCUT2D eigenvalue weighted by Crippen LogP contribution is -2.45. The van der Waals surface area contributed by atoms with E-state index in [1.54, 1.807) is 0 Å². The lowest BCUT2D eigenvalue weighted by atomic mass is 9.90. The molecule has 0 spiro atoms. The Labute approximate surface area is 148 Å². The minimum atomic E-state index is 0.0202. The number of urea groups is 1. The maximum atomic E-state index is 12.5. The van der Waals surface area contributed by atoms with Gasteiger partial charge in [-0.25, -0.2) is 4.79 Å². The van der Waals surface area contributed by atoms with Crippen molar-refractivity contribution in [2.45, 2.75) is 45.4 Å².